The van der Waals surface area contributed by atoms with Gasteiger partial charge in [-0.25, -0.2) is 0 Å². The van der Waals surface area contributed by atoms with E-state index in [4.69, 9.17) is 17.3 Å². The second-order valence-corrected chi connectivity index (χ2v) is 6.24. The van der Waals surface area contributed by atoms with Crippen LogP contribution in [-0.4, -0.2) is 36.5 Å². The van der Waals surface area contributed by atoms with E-state index >= 15 is 0 Å². The fourth-order valence-corrected chi connectivity index (χ4v) is 3.00. The Morgan fingerprint density at radius 1 is 1.35 bits per heavy atom. The van der Waals surface area contributed by atoms with Crippen LogP contribution in [0.25, 0.3) is 0 Å². The summed E-state index contributed by atoms with van der Waals surface area (Å²) in [6, 6.07) is 7.98. The Morgan fingerprint density at radius 2 is 2.00 bits per heavy atom. The number of hydrogen-bond donors (Lipinski definition) is 2. The highest BCUT2D eigenvalue weighted by atomic mass is 35.5. The van der Waals surface area contributed by atoms with Crippen LogP contribution in [0.3, 0.4) is 0 Å². The summed E-state index contributed by atoms with van der Waals surface area (Å²) >= 11 is 6.10. The topological polar surface area (TPSA) is 58.4 Å². The maximum Gasteiger partial charge on any atom is 0.221 e. The van der Waals surface area contributed by atoms with Crippen molar-refractivity contribution < 1.29 is 4.79 Å². The summed E-state index contributed by atoms with van der Waals surface area (Å²) < 4.78 is 0. The second-order valence-electron chi connectivity index (χ2n) is 5.80. The van der Waals surface area contributed by atoms with Gasteiger partial charge in [-0.3, -0.25) is 9.69 Å². The molecule has 1 amide bonds. The van der Waals surface area contributed by atoms with Crippen LogP contribution in [0.2, 0.25) is 5.02 Å². The van der Waals surface area contributed by atoms with E-state index in [0.29, 0.717) is 13.0 Å². The summed E-state index contributed by atoms with van der Waals surface area (Å²) in [6.07, 6.45) is 2.79. The normalized spacial score (nSPS) is 16.8. The summed E-state index contributed by atoms with van der Waals surface area (Å²) in [7, 11) is 0. The molecule has 1 aromatic carbocycles. The predicted molar refractivity (Wildman–Crippen MR) is 101 cm³/mol. The van der Waals surface area contributed by atoms with Crippen molar-refractivity contribution >= 4 is 42.3 Å². The molecule has 2 unspecified atom stereocenters. The lowest BCUT2D eigenvalue weighted by molar-refractivity contribution is -0.121. The van der Waals surface area contributed by atoms with Crippen LogP contribution < -0.4 is 11.1 Å². The van der Waals surface area contributed by atoms with Gasteiger partial charge in [0.15, 0.2) is 0 Å². The summed E-state index contributed by atoms with van der Waals surface area (Å²) in [6.45, 7) is 4.58. The van der Waals surface area contributed by atoms with Crippen LogP contribution in [0.15, 0.2) is 24.3 Å². The molecule has 2 rings (SSSR count). The van der Waals surface area contributed by atoms with Gasteiger partial charge in [-0.15, -0.1) is 24.8 Å². The lowest BCUT2D eigenvalue weighted by Crippen LogP contribution is -2.38. The van der Waals surface area contributed by atoms with Gasteiger partial charge >= 0.3 is 0 Å². The number of nitrogens with zero attached hydrogens (tertiary/aromatic N) is 1. The Hall–Kier alpha value is -0.520. The molecule has 1 fully saturated rings. The number of rotatable bonds is 6. The molecule has 1 heterocycles. The number of nitrogens with one attached hydrogen (secondary N) is 1. The predicted octanol–water partition coefficient (Wildman–Crippen LogP) is 3.17. The van der Waals surface area contributed by atoms with Crippen molar-refractivity contribution in [3.05, 3.63) is 34.9 Å². The number of hydrogen-bond acceptors (Lipinski definition) is 3. The maximum absolute atomic E-state index is 11.8. The first-order chi connectivity index (χ1) is 10.1. The van der Waals surface area contributed by atoms with Gasteiger partial charge in [0.1, 0.15) is 0 Å². The van der Waals surface area contributed by atoms with E-state index in [0.717, 1.165) is 23.7 Å². The number of likely N-dealkylation sites (tertiary alicyclic amines) is 1. The standard InChI is InChI=1S/C16H24ClN3O.2ClH/c1-12(18)9-16(21)19-11-15(20-7-2-3-8-20)13-5-4-6-14(17)10-13;;/h4-6,10,12,15H,2-3,7-9,11,18H2,1H3,(H,19,21);2*1H. The first kappa shape index (κ1) is 22.5. The third-order valence-corrected chi connectivity index (χ3v) is 4.05. The van der Waals surface area contributed by atoms with E-state index in [1.807, 2.05) is 25.1 Å². The van der Waals surface area contributed by atoms with Crippen LogP contribution >= 0.6 is 36.4 Å². The molecule has 0 saturated carbocycles. The highest BCUT2D eigenvalue weighted by Crippen LogP contribution is 2.26. The van der Waals surface area contributed by atoms with Crippen LogP contribution in [0.5, 0.6) is 0 Å². The van der Waals surface area contributed by atoms with E-state index in [2.05, 4.69) is 16.3 Å². The number of benzene rings is 1. The molecule has 7 heteroatoms. The van der Waals surface area contributed by atoms with Crippen molar-refractivity contribution in [3.8, 4) is 0 Å². The third kappa shape index (κ3) is 7.27. The first-order valence-corrected chi connectivity index (χ1v) is 7.96. The average molecular weight is 383 g/mol. The van der Waals surface area contributed by atoms with Gasteiger partial charge in [0.25, 0.3) is 0 Å². The number of carbonyl (C=O) groups is 1. The van der Waals surface area contributed by atoms with E-state index in [9.17, 15) is 4.79 Å². The van der Waals surface area contributed by atoms with Gasteiger partial charge in [-0.2, -0.15) is 0 Å². The average Bonchev–Trinajstić information content (AvgIpc) is 2.92. The van der Waals surface area contributed by atoms with Gasteiger partial charge in [0, 0.05) is 24.0 Å². The van der Waals surface area contributed by atoms with Crippen molar-refractivity contribution in [2.75, 3.05) is 19.6 Å². The molecule has 3 N–H and O–H groups in total. The van der Waals surface area contributed by atoms with E-state index in [1.54, 1.807) is 0 Å². The van der Waals surface area contributed by atoms with Gasteiger partial charge < -0.3 is 11.1 Å². The zero-order valence-electron chi connectivity index (χ0n) is 13.3. The smallest absolute Gasteiger partial charge is 0.221 e. The second kappa shape index (κ2) is 11.1. The molecule has 1 aromatic rings. The Labute approximate surface area is 155 Å². The SMILES string of the molecule is CC(N)CC(=O)NCC(c1cccc(Cl)c1)N1CCCC1.Cl.Cl. The third-order valence-electron chi connectivity index (χ3n) is 3.81. The van der Waals surface area contributed by atoms with Crippen molar-refractivity contribution in [1.29, 1.82) is 0 Å². The minimum atomic E-state index is -0.110. The molecular weight excluding hydrogens is 357 g/mol. The fraction of sp³-hybridized carbons (Fsp3) is 0.562. The van der Waals surface area contributed by atoms with Crippen molar-refractivity contribution in [2.24, 2.45) is 5.73 Å². The summed E-state index contributed by atoms with van der Waals surface area (Å²) in [5, 5.41) is 3.74. The molecule has 4 nitrogen and oxygen atoms in total. The number of halogens is 3. The van der Waals surface area contributed by atoms with Crippen molar-refractivity contribution in [1.82, 2.24) is 10.2 Å². The monoisotopic (exact) mass is 381 g/mol. The number of carbonyl (C=O) groups excluding carboxylic acids is 1. The zero-order valence-corrected chi connectivity index (χ0v) is 15.7. The van der Waals surface area contributed by atoms with Crippen LogP contribution in [0.4, 0.5) is 0 Å². The molecule has 0 spiro atoms. The molecule has 0 aromatic heterocycles. The lowest BCUT2D eigenvalue weighted by Gasteiger charge is -2.28. The fourth-order valence-electron chi connectivity index (χ4n) is 2.80. The lowest BCUT2D eigenvalue weighted by atomic mass is 10.1. The summed E-state index contributed by atoms with van der Waals surface area (Å²) in [4.78, 5) is 14.2. The van der Waals surface area contributed by atoms with Gasteiger partial charge in [0.05, 0.1) is 6.04 Å². The summed E-state index contributed by atoms with van der Waals surface area (Å²) in [5.41, 5.74) is 6.82. The zero-order chi connectivity index (χ0) is 15.2. The summed E-state index contributed by atoms with van der Waals surface area (Å²) in [5.74, 6) is 0.0104. The van der Waals surface area contributed by atoms with Gasteiger partial charge in [-0.05, 0) is 50.6 Å². The van der Waals surface area contributed by atoms with Crippen LogP contribution in [-0.2, 0) is 4.79 Å². The quantitative estimate of drug-likeness (QED) is 0.794. The Balaban J connectivity index is 0.00000242. The molecular formula is C16H26Cl3N3O. The highest BCUT2D eigenvalue weighted by Gasteiger charge is 2.24. The Kier molecular flexibility index (Phi) is 10.9. The van der Waals surface area contributed by atoms with Gasteiger partial charge in [-0.1, -0.05) is 23.7 Å². The van der Waals surface area contributed by atoms with Crippen LogP contribution in [0.1, 0.15) is 37.8 Å². The maximum atomic E-state index is 11.8. The minimum Gasteiger partial charge on any atom is -0.354 e. The van der Waals surface area contributed by atoms with Gasteiger partial charge in [0.2, 0.25) is 5.91 Å². The molecule has 1 aliphatic heterocycles. The number of nitrogens with two attached hydrogens (primary N) is 1. The van der Waals surface area contributed by atoms with Crippen molar-refractivity contribution in [2.45, 2.75) is 38.3 Å². The number of amides is 1. The molecule has 0 radical (unpaired) electrons. The molecule has 0 bridgehead atoms. The molecule has 2 atom stereocenters. The van der Waals surface area contributed by atoms with Crippen LogP contribution in [0, 0.1) is 0 Å². The molecule has 1 aliphatic rings. The van der Waals surface area contributed by atoms with Crippen molar-refractivity contribution in [3.63, 3.8) is 0 Å². The van der Waals surface area contributed by atoms with E-state index < -0.39 is 0 Å². The minimum absolute atomic E-state index is 0. The van der Waals surface area contributed by atoms with E-state index in [-0.39, 0.29) is 42.8 Å². The molecule has 132 valence electrons. The molecule has 23 heavy (non-hydrogen) atoms. The largest absolute Gasteiger partial charge is 0.354 e. The molecule has 1 saturated heterocycles. The molecule has 0 aliphatic carbocycles. The highest BCUT2D eigenvalue weighted by molar-refractivity contribution is 6.30. The first-order valence-electron chi connectivity index (χ1n) is 7.58. The Bertz CT molecular complexity index is 479. The Morgan fingerprint density at radius 3 is 2.57 bits per heavy atom. The van der Waals surface area contributed by atoms with E-state index in [1.165, 1.54) is 12.8 Å².